The molecule has 1 aromatic rings. The van der Waals surface area contributed by atoms with Crippen LogP contribution < -0.4 is 0 Å². The summed E-state index contributed by atoms with van der Waals surface area (Å²) >= 11 is 1.70. The summed E-state index contributed by atoms with van der Waals surface area (Å²) in [4.78, 5) is 1.29. The van der Waals surface area contributed by atoms with E-state index in [4.69, 9.17) is 4.74 Å². The second-order valence-electron chi connectivity index (χ2n) is 2.31. The van der Waals surface area contributed by atoms with Gasteiger partial charge in [0.1, 0.15) is 6.61 Å². The van der Waals surface area contributed by atoms with E-state index in [1.807, 2.05) is 17.5 Å². The van der Waals surface area contributed by atoms with E-state index in [2.05, 4.69) is 12.1 Å². The van der Waals surface area contributed by atoms with Gasteiger partial charge in [-0.05, 0) is 6.07 Å². The average molecular weight is 164 g/mol. The van der Waals surface area contributed by atoms with Gasteiger partial charge in [-0.25, -0.2) is 0 Å². The van der Waals surface area contributed by atoms with E-state index in [0.29, 0.717) is 6.61 Å². The maximum atomic E-state index is 5.22. The lowest BCUT2D eigenvalue weighted by atomic mass is 10.2. The van der Waals surface area contributed by atoms with Gasteiger partial charge in [-0.2, -0.15) is 0 Å². The first kappa shape index (κ1) is 6.80. The van der Waals surface area contributed by atoms with E-state index in [0.717, 1.165) is 0 Å². The van der Waals surface area contributed by atoms with Crippen molar-refractivity contribution >= 4 is 11.8 Å². The molecule has 56 valence electrons. The largest absolute Gasteiger partial charge is 0.496 e. The SMILES string of the molecule is C1=CSc2ccccc2CO1. The Labute approximate surface area is 70.1 Å². The summed E-state index contributed by atoms with van der Waals surface area (Å²) in [5.74, 6) is 0. The lowest BCUT2D eigenvalue weighted by molar-refractivity contribution is 0.236. The Morgan fingerprint density at radius 2 is 2.18 bits per heavy atom. The summed E-state index contributed by atoms with van der Waals surface area (Å²) in [6, 6.07) is 8.29. The number of hydrogen-bond acceptors (Lipinski definition) is 2. The molecule has 1 heterocycles. The molecule has 11 heavy (non-hydrogen) atoms. The molecule has 0 atom stereocenters. The summed E-state index contributed by atoms with van der Waals surface area (Å²) in [6.07, 6.45) is 1.74. The molecule has 0 aromatic heterocycles. The van der Waals surface area contributed by atoms with Gasteiger partial charge in [0.15, 0.2) is 0 Å². The Balaban J connectivity index is 2.40. The second kappa shape index (κ2) is 3.01. The fraction of sp³-hybridized carbons (Fsp3) is 0.111. The highest BCUT2D eigenvalue weighted by Crippen LogP contribution is 2.26. The van der Waals surface area contributed by atoms with E-state index in [1.54, 1.807) is 18.0 Å². The van der Waals surface area contributed by atoms with Crippen molar-refractivity contribution in [2.24, 2.45) is 0 Å². The van der Waals surface area contributed by atoms with Crippen LogP contribution in [0.15, 0.2) is 40.8 Å². The number of benzene rings is 1. The molecule has 0 fully saturated rings. The van der Waals surface area contributed by atoms with Crippen molar-refractivity contribution in [2.75, 3.05) is 0 Å². The highest BCUT2D eigenvalue weighted by Gasteiger charge is 2.02. The summed E-state index contributed by atoms with van der Waals surface area (Å²) in [7, 11) is 0. The van der Waals surface area contributed by atoms with E-state index < -0.39 is 0 Å². The van der Waals surface area contributed by atoms with Crippen LogP contribution in [0.1, 0.15) is 5.56 Å². The summed E-state index contributed by atoms with van der Waals surface area (Å²) in [5.41, 5.74) is 1.27. The van der Waals surface area contributed by atoms with E-state index in [-0.39, 0.29) is 0 Å². The molecule has 0 N–H and O–H groups in total. The molecule has 0 aliphatic carbocycles. The second-order valence-corrected chi connectivity index (χ2v) is 3.26. The van der Waals surface area contributed by atoms with Crippen LogP contribution in [0.3, 0.4) is 0 Å². The van der Waals surface area contributed by atoms with Gasteiger partial charge >= 0.3 is 0 Å². The highest BCUT2D eigenvalue weighted by molar-refractivity contribution is 8.02. The lowest BCUT2D eigenvalue weighted by Gasteiger charge is -2.01. The normalized spacial score (nSPS) is 14.9. The van der Waals surface area contributed by atoms with Gasteiger partial charge in [-0.15, -0.1) is 0 Å². The van der Waals surface area contributed by atoms with Crippen molar-refractivity contribution in [3.05, 3.63) is 41.5 Å². The molecule has 0 radical (unpaired) electrons. The Kier molecular flexibility index (Phi) is 1.86. The van der Waals surface area contributed by atoms with E-state index >= 15 is 0 Å². The van der Waals surface area contributed by atoms with Gasteiger partial charge in [-0.3, -0.25) is 0 Å². The highest BCUT2D eigenvalue weighted by atomic mass is 32.2. The smallest absolute Gasteiger partial charge is 0.114 e. The third-order valence-electron chi connectivity index (χ3n) is 1.56. The van der Waals surface area contributed by atoms with Gasteiger partial charge in [0.25, 0.3) is 0 Å². The zero-order valence-corrected chi connectivity index (χ0v) is 6.80. The summed E-state index contributed by atoms with van der Waals surface area (Å²) < 4.78 is 5.22. The first-order chi connectivity index (χ1) is 5.47. The third-order valence-corrected chi connectivity index (χ3v) is 2.46. The molecule has 2 heteroatoms. The van der Waals surface area contributed by atoms with E-state index in [1.165, 1.54) is 10.5 Å². The van der Waals surface area contributed by atoms with Crippen LogP contribution in [-0.4, -0.2) is 0 Å². The van der Waals surface area contributed by atoms with Gasteiger partial charge in [-0.1, -0.05) is 30.0 Å². The van der Waals surface area contributed by atoms with Crippen molar-refractivity contribution in [3.63, 3.8) is 0 Å². The van der Waals surface area contributed by atoms with Crippen molar-refractivity contribution in [3.8, 4) is 0 Å². The number of ether oxygens (including phenoxy) is 1. The van der Waals surface area contributed by atoms with E-state index in [9.17, 15) is 0 Å². The Bertz CT molecular complexity index is 281. The first-order valence-electron chi connectivity index (χ1n) is 3.48. The number of rotatable bonds is 0. The zero-order valence-electron chi connectivity index (χ0n) is 5.99. The van der Waals surface area contributed by atoms with Crippen LogP contribution in [0.4, 0.5) is 0 Å². The quantitative estimate of drug-likeness (QED) is 0.583. The lowest BCUT2D eigenvalue weighted by Crippen LogP contribution is -1.85. The molecule has 2 rings (SSSR count). The van der Waals surface area contributed by atoms with Crippen molar-refractivity contribution < 1.29 is 4.74 Å². The number of fused-ring (bicyclic) bond motifs is 1. The fourth-order valence-electron chi connectivity index (χ4n) is 1.02. The van der Waals surface area contributed by atoms with Gasteiger partial charge in [0, 0.05) is 15.9 Å². The molecule has 1 nitrogen and oxygen atoms in total. The van der Waals surface area contributed by atoms with Crippen molar-refractivity contribution in [1.82, 2.24) is 0 Å². The topological polar surface area (TPSA) is 9.23 Å². The molecule has 0 saturated carbocycles. The van der Waals surface area contributed by atoms with Crippen LogP contribution in [0.5, 0.6) is 0 Å². The molecule has 0 amide bonds. The molecule has 1 aliphatic heterocycles. The molecular formula is C9H8OS. The molecule has 0 spiro atoms. The molecule has 1 aromatic carbocycles. The van der Waals surface area contributed by atoms with Crippen molar-refractivity contribution in [2.45, 2.75) is 11.5 Å². The minimum atomic E-state index is 0.694. The van der Waals surface area contributed by atoms with Crippen LogP contribution in [0.2, 0.25) is 0 Å². The Morgan fingerprint density at radius 1 is 1.27 bits per heavy atom. The van der Waals surface area contributed by atoms with Crippen LogP contribution >= 0.6 is 11.8 Å². The van der Waals surface area contributed by atoms with Gasteiger partial charge < -0.3 is 4.74 Å². The summed E-state index contributed by atoms with van der Waals surface area (Å²) in [5, 5.41) is 1.96. The van der Waals surface area contributed by atoms with Gasteiger partial charge in [0.05, 0.1) is 6.26 Å². The minimum absolute atomic E-state index is 0.694. The number of hydrogen-bond donors (Lipinski definition) is 0. The van der Waals surface area contributed by atoms with Crippen LogP contribution in [-0.2, 0) is 11.3 Å². The van der Waals surface area contributed by atoms with Crippen molar-refractivity contribution in [1.29, 1.82) is 0 Å². The molecular weight excluding hydrogens is 156 g/mol. The Hall–Kier alpha value is -0.890. The Morgan fingerprint density at radius 3 is 3.18 bits per heavy atom. The standard InChI is InChI=1S/C9H8OS/c1-2-4-9-8(3-1)7-10-5-6-11-9/h1-6H,7H2. The zero-order chi connectivity index (χ0) is 7.52. The maximum absolute atomic E-state index is 5.22. The molecule has 0 unspecified atom stereocenters. The minimum Gasteiger partial charge on any atom is -0.496 e. The van der Waals surface area contributed by atoms with Crippen LogP contribution in [0, 0.1) is 0 Å². The first-order valence-corrected chi connectivity index (χ1v) is 4.36. The third kappa shape index (κ3) is 1.40. The average Bonchev–Trinajstić information content (AvgIpc) is 2.28. The monoisotopic (exact) mass is 164 g/mol. The fourth-order valence-corrected chi connectivity index (χ4v) is 1.73. The molecule has 0 bridgehead atoms. The predicted molar refractivity (Wildman–Crippen MR) is 46.2 cm³/mol. The maximum Gasteiger partial charge on any atom is 0.114 e. The van der Waals surface area contributed by atoms with Crippen LogP contribution in [0.25, 0.3) is 0 Å². The van der Waals surface area contributed by atoms with Gasteiger partial charge in [0.2, 0.25) is 0 Å². The molecule has 1 aliphatic rings. The number of thioether (sulfide) groups is 1. The molecule has 0 saturated heterocycles. The summed E-state index contributed by atoms with van der Waals surface area (Å²) in [6.45, 7) is 0.694. The predicted octanol–water partition coefficient (Wildman–Crippen LogP) is 2.78.